The topological polar surface area (TPSA) is 27.1 Å². The number of halogens is 1. The van der Waals surface area contributed by atoms with E-state index in [4.69, 9.17) is 4.74 Å². The number of hydrogen-bond acceptors (Lipinski definition) is 2. The molecular formula is C13H13BrN2O. The summed E-state index contributed by atoms with van der Waals surface area (Å²) in [5.41, 5.74) is 4.77. The highest BCUT2D eigenvalue weighted by Crippen LogP contribution is 2.27. The second-order valence-corrected chi connectivity index (χ2v) is 5.02. The van der Waals surface area contributed by atoms with Crippen LogP contribution >= 0.6 is 15.9 Å². The lowest BCUT2D eigenvalue weighted by atomic mass is 10.1. The van der Waals surface area contributed by atoms with Gasteiger partial charge < -0.3 is 4.74 Å². The van der Waals surface area contributed by atoms with E-state index >= 15 is 0 Å². The number of nitrogens with zero attached hydrogens (tertiary/aromatic N) is 2. The van der Waals surface area contributed by atoms with Crippen LogP contribution in [-0.2, 0) is 17.8 Å². The maximum Gasteiger partial charge on any atom is 0.132 e. The van der Waals surface area contributed by atoms with Gasteiger partial charge in [-0.3, -0.25) is 0 Å². The molecule has 3 rings (SSSR count). The van der Waals surface area contributed by atoms with Gasteiger partial charge in [0, 0.05) is 12.0 Å². The van der Waals surface area contributed by atoms with Crippen LogP contribution in [0.1, 0.15) is 16.8 Å². The van der Waals surface area contributed by atoms with Gasteiger partial charge in [-0.2, -0.15) is 5.10 Å². The van der Waals surface area contributed by atoms with Crippen molar-refractivity contribution in [3.8, 4) is 5.69 Å². The van der Waals surface area contributed by atoms with Crippen molar-refractivity contribution < 1.29 is 4.74 Å². The number of rotatable bonds is 1. The minimum atomic E-state index is 0.641. The average molecular weight is 293 g/mol. The average Bonchev–Trinajstić information content (AvgIpc) is 2.69. The number of fused-ring (bicyclic) bond motifs is 1. The molecular weight excluding hydrogens is 280 g/mol. The molecule has 0 amide bonds. The molecule has 0 aliphatic carbocycles. The Labute approximate surface area is 109 Å². The first kappa shape index (κ1) is 11.0. The molecule has 88 valence electrons. The highest BCUT2D eigenvalue weighted by molar-refractivity contribution is 9.10. The van der Waals surface area contributed by atoms with Gasteiger partial charge in [-0.15, -0.1) is 0 Å². The van der Waals surface area contributed by atoms with Crippen LogP contribution in [0.4, 0.5) is 0 Å². The van der Waals surface area contributed by atoms with E-state index in [-0.39, 0.29) is 0 Å². The third kappa shape index (κ3) is 1.91. The normalized spacial score (nSPS) is 14.7. The monoisotopic (exact) mass is 292 g/mol. The third-order valence-electron chi connectivity index (χ3n) is 3.05. The molecule has 0 atom stereocenters. The number of benzene rings is 1. The zero-order valence-corrected chi connectivity index (χ0v) is 11.2. The van der Waals surface area contributed by atoms with Crippen LogP contribution in [0.2, 0.25) is 0 Å². The molecule has 0 saturated heterocycles. The zero-order chi connectivity index (χ0) is 11.8. The van der Waals surface area contributed by atoms with E-state index in [1.807, 2.05) is 4.68 Å². The summed E-state index contributed by atoms with van der Waals surface area (Å²) >= 11 is 3.53. The Morgan fingerprint density at radius 2 is 2.06 bits per heavy atom. The molecule has 2 aromatic rings. The molecule has 0 saturated carbocycles. The number of ether oxygens (including phenoxy) is 1. The summed E-state index contributed by atoms with van der Waals surface area (Å²) in [4.78, 5) is 0. The highest BCUT2D eigenvalue weighted by Gasteiger charge is 2.20. The van der Waals surface area contributed by atoms with E-state index in [2.05, 4.69) is 52.2 Å². The van der Waals surface area contributed by atoms with E-state index in [0.717, 1.165) is 29.0 Å². The summed E-state index contributed by atoms with van der Waals surface area (Å²) in [5.74, 6) is 0. The highest BCUT2D eigenvalue weighted by atomic mass is 79.9. The summed E-state index contributed by atoms with van der Waals surface area (Å²) in [5, 5.41) is 4.55. The van der Waals surface area contributed by atoms with Crippen LogP contribution in [0.5, 0.6) is 0 Å². The SMILES string of the molecule is Cc1ccc(-n2nc(Br)c3c2COCC3)cc1. The van der Waals surface area contributed by atoms with Gasteiger partial charge >= 0.3 is 0 Å². The van der Waals surface area contributed by atoms with Crippen LogP contribution in [0.15, 0.2) is 28.9 Å². The van der Waals surface area contributed by atoms with Gasteiger partial charge in [0.05, 0.1) is 24.6 Å². The zero-order valence-electron chi connectivity index (χ0n) is 9.61. The molecule has 0 bridgehead atoms. The number of aryl methyl sites for hydroxylation is 1. The van der Waals surface area contributed by atoms with Crippen molar-refractivity contribution in [2.45, 2.75) is 20.0 Å². The summed E-state index contributed by atoms with van der Waals surface area (Å²) < 4.78 is 8.42. The molecule has 2 heterocycles. The molecule has 17 heavy (non-hydrogen) atoms. The van der Waals surface area contributed by atoms with Crippen molar-refractivity contribution in [2.24, 2.45) is 0 Å². The first-order valence-corrected chi connectivity index (χ1v) is 6.46. The Morgan fingerprint density at radius 3 is 2.82 bits per heavy atom. The summed E-state index contributed by atoms with van der Waals surface area (Å²) in [7, 11) is 0. The molecule has 0 N–H and O–H groups in total. The molecule has 1 aliphatic heterocycles. The standard InChI is InChI=1S/C13H13BrN2O/c1-9-2-4-10(5-3-9)16-12-8-17-7-6-11(12)13(14)15-16/h2-5H,6-8H2,1H3. The lowest BCUT2D eigenvalue weighted by molar-refractivity contribution is 0.106. The molecule has 0 spiro atoms. The molecule has 0 fully saturated rings. The van der Waals surface area contributed by atoms with E-state index in [0.29, 0.717) is 6.61 Å². The smallest absolute Gasteiger partial charge is 0.132 e. The molecule has 1 aliphatic rings. The first-order chi connectivity index (χ1) is 8.25. The number of aromatic nitrogens is 2. The Morgan fingerprint density at radius 1 is 1.29 bits per heavy atom. The largest absolute Gasteiger partial charge is 0.375 e. The van der Waals surface area contributed by atoms with Crippen LogP contribution < -0.4 is 0 Å². The second-order valence-electron chi connectivity index (χ2n) is 4.27. The lowest BCUT2D eigenvalue weighted by Crippen LogP contribution is -2.12. The number of hydrogen-bond donors (Lipinski definition) is 0. The summed E-state index contributed by atoms with van der Waals surface area (Å²) in [6.45, 7) is 3.51. The summed E-state index contributed by atoms with van der Waals surface area (Å²) in [6, 6.07) is 8.37. The molecule has 1 aromatic carbocycles. The molecule has 0 radical (unpaired) electrons. The van der Waals surface area contributed by atoms with Gasteiger partial charge in [-0.1, -0.05) is 17.7 Å². The summed E-state index contributed by atoms with van der Waals surface area (Å²) in [6.07, 6.45) is 0.932. The second kappa shape index (κ2) is 4.27. The molecule has 4 heteroatoms. The van der Waals surface area contributed by atoms with Gasteiger partial charge in [0.2, 0.25) is 0 Å². The molecule has 1 aromatic heterocycles. The van der Waals surface area contributed by atoms with Crippen LogP contribution in [-0.4, -0.2) is 16.4 Å². The predicted molar refractivity (Wildman–Crippen MR) is 69.4 cm³/mol. The van der Waals surface area contributed by atoms with Crippen molar-refractivity contribution in [1.82, 2.24) is 9.78 Å². The van der Waals surface area contributed by atoms with Gasteiger partial charge in [0.15, 0.2) is 0 Å². The van der Waals surface area contributed by atoms with Crippen molar-refractivity contribution in [3.05, 3.63) is 45.7 Å². The Kier molecular flexibility index (Phi) is 2.76. The van der Waals surface area contributed by atoms with E-state index in [9.17, 15) is 0 Å². The first-order valence-electron chi connectivity index (χ1n) is 5.67. The molecule has 0 unspecified atom stereocenters. The van der Waals surface area contributed by atoms with Crippen molar-refractivity contribution in [2.75, 3.05) is 6.61 Å². The van der Waals surface area contributed by atoms with E-state index < -0.39 is 0 Å². The Balaban J connectivity index is 2.11. The van der Waals surface area contributed by atoms with Gasteiger partial charge in [-0.25, -0.2) is 4.68 Å². The fraction of sp³-hybridized carbons (Fsp3) is 0.308. The minimum absolute atomic E-state index is 0.641. The van der Waals surface area contributed by atoms with E-state index in [1.54, 1.807) is 0 Å². The van der Waals surface area contributed by atoms with Crippen LogP contribution in [0, 0.1) is 6.92 Å². The van der Waals surface area contributed by atoms with E-state index in [1.165, 1.54) is 11.1 Å². The van der Waals surface area contributed by atoms with Crippen molar-refractivity contribution >= 4 is 15.9 Å². The van der Waals surface area contributed by atoms with Crippen LogP contribution in [0.25, 0.3) is 5.69 Å². The quantitative estimate of drug-likeness (QED) is 0.808. The minimum Gasteiger partial charge on any atom is -0.375 e. The third-order valence-corrected chi connectivity index (χ3v) is 3.69. The Hall–Kier alpha value is -1.13. The van der Waals surface area contributed by atoms with Crippen molar-refractivity contribution in [3.63, 3.8) is 0 Å². The maximum atomic E-state index is 5.51. The van der Waals surface area contributed by atoms with Crippen LogP contribution in [0.3, 0.4) is 0 Å². The fourth-order valence-electron chi connectivity index (χ4n) is 2.09. The van der Waals surface area contributed by atoms with Gasteiger partial charge in [-0.05, 0) is 35.0 Å². The molecule has 3 nitrogen and oxygen atoms in total. The van der Waals surface area contributed by atoms with Gasteiger partial charge in [0.1, 0.15) is 4.60 Å². The van der Waals surface area contributed by atoms with Crippen molar-refractivity contribution in [1.29, 1.82) is 0 Å². The predicted octanol–water partition coefficient (Wildman–Crippen LogP) is 3.02. The van der Waals surface area contributed by atoms with Gasteiger partial charge in [0.25, 0.3) is 0 Å². The lowest BCUT2D eigenvalue weighted by Gasteiger charge is -2.14. The maximum absolute atomic E-state index is 5.51. The Bertz CT molecular complexity index is 545. The fourth-order valence-corrected chi connectivity index (χ4v) is 2.68.